The van der Waals surface area contributed by atoms with Crippen LogP contribution < -0.4 is 5.32 Å². The van der Waals surface area contributed by atoms with Gasteiger partial charge in [-0.3, -0.25) is 9.59 Å². The van der Waals surface area contributed by atoms with Crippen molar-refractivity contribution in [3.63, 3.8) is 0 Å². The molecule has 124 valence electrons. The lowest BCUT2D eigenvalue weighted by Crippen LogP contribution is -2.39. The monoisotopic (exact) mass is 342 g/mol. The average molecular weight is 343 g/mol. The second kappa shape index (κ2) is 7.49. The van der Waals surface area contributed by atoms with Gasteiger partial charge < -0.3 is 10.2 Å². The molecule has 0 aliphatic carbocycles. The van der Waals surface area contributed by atoms with Crippen LogP contribution in [0.1, 0.15) is 34.8 Å². The summed E-state index contributed by atoms with van der Waals surface area (Å²) in [7, 11) is 0. The summed E-state index contributed by atoms with van der Waals surface area (Å²) in [5.74, 6) is -0.320. The van der Waals surface area contributed by atoms with Crippen LogP contribution in [0.5, 0.6) is 0 Å². The summed E-state index contributed by atoms with van der Waals surface area (Å²) in [6.45, 7) is 0.736. The molecule has 0 bridgehead atoms. The van der Waals surface area contributed by atoms with E-state index in [-0.39, 0.29) is 24.4 Å². The molecule has 0 aromatic heterocycles. The highest BCUT2D eigenvalue weighted by Crippen LogP contribution is 2.31. The number of benzene rings is 2. The van der Waals surface area contributed by atoms with Gasteiger partial charge >= 0.3 is 0 Å². The Morgan fingerprint density at radius 1 is 1.08 bits per heavy atom. The van der Waals surface area contributed by atoms with Crippen LogP contribution in [0.25, 0.3) is 0 Å². The number of hydrogen-bond donors (Lipinski definition) is 1. The maximum atomic E-state index is 12.5. The lowest BCUT2D eigenvalue weighted by molar-refractivity contribution is -0.131. The second-order valence-electron chi connectivity index (χ2n) is 5.85. The number of nitrogens with zero attached hydrogens (tertiary/aromatic N) is 1. The first-order valence-electron chi connectivity index (χ1n) is 8.03. The topological polar surface area (TPSA) is 49.4 Å². The molecular weight excluding hydrogens is 324 g/mol. The third-order valence-corrected chi connectivity index (χ3v) is 4.52. The van der Waals surface area contributed by atoms with Gasteiger partial charge in [0.1, 0.15) is 0 Å². The summed E-state index contributed by atoms with van der Waals surface area (Å²) >= 11 is 5.81. The molecule has 0 radical (unpaired) electrons. The van der Waals surface area contributed by atoms with Crippen molar-refractivity contribution in [3.8, 4) is 0 Å². The molecule has 1 heterocycles. The number of carbonyl (C=O) groups excluding carboxylic acids is 2. The highest BCUT2D eigenvalue weighted by atomic mass is 35.5. The van der Waals surface area contributed by atoms with E-state index in [1.54, 1.807) is 24.3 Å². The summed E-state index contributed by atoms with van der Waals surface area (Å²) in [5, 5.41) is 3.27. The van der Waals surface area contributed by atoms with Gasteiger partial charge in [-0.15, -0.1) is 0 Å². The van der Waals surface area contributed by atoms with Gasteiger partial charge in [0.2, 0.25) is 5.91 Å². The molecule has 1 N–H and O–H groups in total. The Hall–Kier alpha value is -2.33. The first-order valence-corrected chi connectivity index (χ1v) is 8.41. The predicted octanol–water partition coefficient (Wildman–Crippen LogP) is 3.43. The van der Waals surface area contributed by atoms with E-state index in [1.807, 2.05) is 35.2 Å². The van der Waals surface area contributed by atoms with Crippen molar-refractivity contribution in [2.45, 2.75) is 18.9 Å². The second-order valence-corrected chi connectivity index (χ2v) is 6.28. The highest BCUT2D eigenvalue weighted by molar-refractivity contribution is 6.30. The van der Waals surface area contributed by atoms with Crippen molar-refractivity contribution in [2.75, 3.05) is 13.1 Å². The molecular formula is C19H19ClN2O2. The number of carbonyl (C=O) groups is 2. The van der Waals surface area contributed by atoms with E-state index >= 15 is 0 Å². The van der Waals surface area contributed by atoms with Crippen LogP contribution in [0, 0.1) is 0 Å². The van der Waals surface area contributed by atoms with E-state index in [2.05, 4.69) is 5.32 Å². The minimum Gasteiger partial charge on any atom is -0.343 e. The number of halogens is 1. The first-order chi connectivity index (χ1) is 11.6. The summed E-state index contributed by atoms with van der Waals surface area (Å²) in [6, 6.07) is 16.7. The van der Waals surface area contributed by atoms with E-state index in [4.69, 9.17) is 11.6 Å². The molecule has 5 heteroatoms. The van der Waals surface area contributed by atoms with Gasteiger partial charge in [0.15, 0.2) is 0 Å². The van der Waals surface area contributed by atoms with Crippen molar-refractivity contribution >= 4 is 23.4 Å². The summed E-state index contributed by atoms with van der Waals surface area (Å²) in [6.07, 6.45) is 1.94. The smallest absolute Gasteiger partial charge is 0.251 e. The fourth-order valence-corrected chi connectivity index (χ4v) is 3.17. The van der Waals surface area contributed by atoms with E-state index in [0.29, 0.717) is 10.6 Å². The molecule has 2 aromatic rings. The Balaban J connectivity index is 1.60. The first kappa shape index (κ1) is 16.5. The zero-order valence-electron chi connectivity index (χ0n) is 13.2. The molecule has 3 rings (SSSR count). The Bertz CT molecular complexity index is 716. The zero-order chi connectivity index (χ0) is 16.9. The lowest BCUT2D eigenvalue weighted by Gasteiger charge is -2.25. The number of likely N-dealkylation sites (tertiary alicyclic amines) is 1. The van der Waals surface area contributed by atoms with Crippen LogP contribution in [0.2, 0.25) is 5.02 Å². The Labute approximate surface area is 146 Å². The van der Waals surface area contributed by atoms with Gasteiger partial charge in [-0.25, -0.2) is 0 Å². The van der Waals surface area contributed by atoms with Gasteiger partial charge in [0.05, 0.1) is 12.6 Å². The minimum absolute atomic E-state index is 0.00476. The number of hydrogen-bond acceptors (Lipinski definition) is 2. The molecule has 1 fully saturated rings. The summed E-state index contributed by atoms with van der Waals surface area (Å²) in [4.78, 5) is 26.5. The molecule has 1 aliphatic rings. The van der Waals surface area contributed by atoms with Crippen molar-refractivity contribution < 1.29 is 9.59 Å². The van der Waals surface area contributed by atoms with E-state index in [1.165, 1.54) is 0 Å². The average Bonchev–Trinajstić information content (AvgIpc) is 3.10. The SMILES string of the molecule is O=C(NCC(=O)N1CCC[C@@H]1c1ccccc1)c1ccc(Cl)cc1. The molecule has 1 atom stereocenters. The van der Waals surface area contributed by atoms with Crippen molar-refractivity contribution in [1.82, 2.24) is 10.2 Å². The van der Waals surface area contributed by atoms with Crippen LogP contribution in [-0.2, 0) is 4.79 Å². The molecule has 1 saturated heterocycles. The predicted molar refractivity (Wildman–Crippen MR) is 93.9 cm³/mol. The quantitative estimate of drug-likeness (QED) is 0.925. The molecule has 24 heavy (non-hydrogen) atoms. The van der Waals surface area contributed by atoms with Crippen LogP contribution in [0.3, 0.4) is 0 Å². The maximum absolute atomic E-state index is 12.5. The minimum atomic E-state index is -0.268. The van der Waals surface area contributed by atoms with Gasteiger partial charge in [0.25, 0.3) is 5.91 Å². The molecule has 0 spiro atoms. The number of amides is 2. The number of rotatable bonds is 4. The van der Waals surface area contributed by atoms with Crippen molar-refractivity contribution in [1.29, 1.82) is 0 Å². The van der Waals surface area contributed by atoms with E-state index in [9.17, 15) is 9.59 Å². The van der Waals surface area contributed by atoms with Crippen LogP contribution in [-0.4, -0.2) is 29.8 Å². The Morgan fingerprint density at radius 2 is 1.79 bits per heavy atom. The summed E-state index contributed by atoms with van der Waals surface area (Å²) < 4.78 is 0. The standard InChI is InChI=1S/C19H19ClN2O2/c20-16-10-8-15(9-11-16)19(24)21-13-18(23)22-12-4-7-17(22)14-5-2-1-3-6-14/h1-3,5-6,8-11,17H,4,7,12-13H2,(H,21,24)/t17-/m1/s1. The summed E-state index contributed by atoms with van der Waals surface area (Å²) in [5.41, 5.74) is 1.64. The van der Waals surface area contributed by atoms with Crippen molar-refractivity contribution in [2.24, 2.45) is 0 Å². The van der Waals surface area contributed by atoms with Gasteiger partial charge in [-0.1, -0.05) is 41.9 Å². The molecule has 2 amide bonds. The largest absolute Gasteiger partial charge is 0.343 e. The van der Waals surface area contributed by atoms with Crippen LogP contribution >= 0.6 is 11.6 Å². The molecule has 4 nitrogen and oxygen atoms in total. The third kappa shape index (κ3) is 3.77. The van der Waals surface area contributed by atoms with Crippen LogP contribution in [0.15, 0.2) is 54.6 Å². The normalized spacial score (nSPS) is 16.9. The fourth-order valence-electron chi connectivity index (χ4n) is 3.05. The van der Waals surface area contributed by atoms with Crippen molar-refractivity contribution in [3.05, 3.63) is 70.7 Å². The molecule has 1 aliphatic heterocycles. The van der Waals surface area contributed by atoms with E-state index < -0.39 is 0 Å². The molecule has 0 saturated carbocycles. The molecule has 2 aromatic carbocycles. The Kier molecular flexibility index (Phi) is 5.16. The van der Waals surface area contributed by atoms with Crippen LogP contribution in [0.4, 0.5) is 0 Å². The maximum Gasteiger partial charge on any atom is 0.251 e. The van der Waals surface area contributed by atoms with Gasteiger partial charge in [-0.05, 0) is 42.7 Å². The van der Waals surface area contributed by atoms with E-state index in [0.717, 1.165) is 24.9 Å². The van der Waals surface area contributed by atoms with Gasteiger partial charge in [-0.2, -0.15) is 0 Å². The molecule has 0 unspecified atom stereocenters. The lowest BCUT2D eigenvalue weighted by atomic mass is 10.0. The van der Waals surface area contributed by atoms with Gasteiger partial charge in [0, 0.05) is 17.1 Å². The fraction of sp³-hybridized carbons (Fsp3) is 0.263. The zero-order valence-corrected chi connectivity index (χ0v) is 14.0. The highest BCUT2D eigenvalue weighted by Gasteiger charge is 2.29. The number of nitrogens with one attached hydrogen (secondary N) is 1. The Morgan fingerprint density at radius 3 is 2.50 bits per heavy atom. The third-order valence-electron chi connectivity index (χ3n) is 4.26.